The van der Waals surface area contributed by atoms with Crippen LogP contribution in [0.25, 0.3) is 0 Å². The Morgan fingerprint density at radius 2 is 1.35 bits per heavy atom. The molecule has 2 saturated heterocycles. The van der Waals surface area contributed by atoms with Crippen LogP contribution in [0.2, 0.25) is 0 Å². The SMILES string of the molecule is CC[C@@H]1[C@@H](C)[C@H](OCc2ccc(OC)cc2)C[S+]1C[C@@H](O)[C@H](CO)OS(=O)(=O)[O-].O=S(=O)([O-])O[C@@H](CO)[C@H](O)C[S+]1C[C@@H](O)[C@H](O)[C@H]1CO. The van der Waals surface area contributed by atoms with Gasteiger partial charge in [-0.3, -0.25) is 8.37 Å². The largest absolute Gasteiger partial charge is 0.726 e. The second-order valence-corrected chi connectivity index (χ2v) is 18.3. The number of benzene rings is 1. The van der Waals surface area contributed by atoms with Crippen molar-refractivity contribution in [2.75, 3.05) is 49.9 Å². The highest BCUT2D eigenvalue weighted by molar-refractivity contribution is 7.98. The first-order valence-electron chi connectivity index (χ1n) is 15.3. The molecule has 2 unspecified atom stereocenters. The van der Waals surface area contributed by atoms with Gasteiger partial charge in [-0.25, -0.2) is 16.8 Å². The topological polar surface area (TPSA) is 293 Å². The van der Waals surface area contributed by atoms with Crippen molar-refractivity contribution in [3.8, 4) is 5.75 Å². The van der Waals surface area contributed by atoms with Gasteiger partial charge in [0, 0.05) is 16.8 Å². The molecular formula is C28H48O17S4. The van der Waals surface area contributed by atoms with Crippen LogP contribution in [0.4, 0.5) is 0 Å². The van der Waals surface area contributed by atoms with Gasteiger partial charge in [0.25, 0.3) is 0 Å². The van der Waals surface area contributed by atoms with Crippen molar-refractivity contribution in [1.82, 2.24) is 0 Å². The van der Waals surface area contributed by atoms with Gasteiger partial charge in [-0.15, -0.1) is 0 Å². The van der Waals surface area contributed by atoms with Crippen LogP contribution in [0.15, 0.2) is 24.3 Å². The van der Waals surface area contributed by atoms with Gasteiger partial charge in [-0.1, -0.05) is 26.0 Å². The quantitative estimate of drug-likeness (QED) is 0.0436. The van der Waals surface area contributed by atoms with Gasteiger partial charge in [-0.05, 0) is 35.0 Å². The second kappa shape index (κ2) is 20.4. The Labute approximate surface area is 292 Å². The fourth-order valence-corrected chi connectivity index (χ4v) is 12.7. The molecule has 286 valence electrons. The lowest BCUT2D eigenvalue weighted by Gasteiger charge is -2.23. The zero-order valence-electron chi connectivity index (χ0n) is 27.3. The van der Waals surface area contributed by atoms with Crippen LogP contribution in [0, 0.1) is 5.92 Å². The van der Waals surface area contributed by atoms with E-state index in [1.807, 2.05) is 24.3 Å². The minimum absolute atomic E-state index is 0.00863. The maximum absolute atomic E-state index is 10.8. The van der Waals surface area contributed by atoms with Crippen LogP contribution < -0.4 is 4.74 Å². The third-order valence-electron chi connectivity index (χ3n) is 8.24. The summed E-state index contributed by atoms with van der Waals surface area (Å²) in [6.45, 7) is 2.62. The highest BCUT2D eigenvalue weighted by Crippen LogP contribution is 2.34. The van der Waals surface area contributed by atoms with E-state index in [9.17, 15) is 51.5 Å². The van der Waals surface area contributed by atoms with E-state index in [1.54, 1.807) is 7.11 Å². The number of methoxy groups -OCH3 is 1. The molecule has 0 bridgehead atoms. The molecule has 49 heavy (non-hydrogen) atoms. The standard InChI is InChI=1S/C19H30O8S2.C9H18O9S2/c1-4-19-13(2)18(26-10-14-5-7-15(25-3)8-6-14)12-28(19)11-16(21)17(9-20)27-29(22,23)24;10-1-7(18-20(15,16)17)5(12)3-19-4-6(13)9(14)8(19)2-11/h5-8,13,16-21H,4,9-12H2,1-3H3;5-14H,1-4H2/t13-,16+,17-,18+,19+,28?;5-,6-,7+,8-,9+,19?/m01/s1. The van der Waals surface area contributed by atoms with E-state index in [2.05, 4.69) is 22.2 Å². The van der Waals surface area contributed by atoms with Gasteiger partial charge in [0.15, 0.2) is 5.25 Å². The number of hydrogen-bond donors (Lipinski definition) is 7. The predicted molar refractivity (Wildman–Crippen MR) is 177 cm³/mol. The summed E-state index contributed by atoms with van der Waals surface area (Å²) < 4.78 is 83.4. The minimum Gasteiger partial charge on any atom is -0.726 e. The number of hydrogen-bond acceptors (Lipinski definition) is 17. The van der Waals surface area contributed by atoms with Crippen molar-refractivity contribution in [3.63, 3.8) is 0 Å². The molecular weight excluding hydrogens is 737 g/mol. The first-order chi connectivity index (χ1) is 22.9. The third kappa shape index (κ3) is 14.2. The molecule has 2 aliphatic rings. The highest BCUT2D eigenvalue weighted by Gasteiger charge is 2.51. The van der Waals surface area contributed by atoms with E-state index in [4.69, 9.17) is 19.7 Å². The van der Waals surface area contributed by atoms with E-state index >= 15 is 0 Å². The lowest BCUT2D eigenvalue weighted by atomic mass is 10.0. The lowest BCUT2D eigenvalue weighted by molar-refractivity contribution is 0.0105. The molecule has 0 radical (unpaired) electrons. The zero-order valence-corrected chi connectivity index (χ0v) is 30.6. The van der Waals surface area contributed by atoms with E-state index in [1.165, 1.54) is 0 Å². The summed E-state index contributed by atoms with van der Waals surface area (Å²) in [7, 11) is -9.50. The molecule has 12 atom stereocenters. The van der Waals surface area contributed by atoms with Crippen molar-refractivity contribution < 1.29 is 79.5 Å². The second-order valence-electron chi connectivity index (χ2n) is 11.6. The Bertz CT molecular complexity index is 1320. The Kier molecular flexibility index (Phi) is 18.4. The fourth-order valence-electron chi connectivity index (χ4n) is 5.63. The smallest absolute Gasteiger partial charge is 0.218 e. The van der Waals surface area contributed by atoms with Crippen molar-refractivity contribution in [1.29, 1.82) is 0 Å². The van der Waals surface area contributed by atoms with Gasteiger partial charge >= 0.3 is 0 Å². The molecule has 0 saturated carbocycles. The Balaban J connectivity index is 0.000000365. The normalized spacial score (nSPS) is 29.9. The summed E-state index contributed by atoms with van der Waals surface area (Å²) in [6.07, 6.45) is -7.05. The van der Waals surface area contributed by atoms with Crippen LogP contribution in [0.1, 0.15) is 25.8 Å². The number of aliphatic hydroxyl groups is 7. The zero-order chi connectivity index (χ0) is 37.1. The van der Waals surface area contributed by atoms with Gasteiger partial charge in [0.05, 0.1) is 33.5 Å². The average Bonchev–Trinajstić information content (AvgIpc) is 3.48. The number of aliphatic hydroxyl groups excluding tert-OH is 7. The maximum Gasteiger partial charge on any atom is 0.218 e. The molecule has 1 aromatic carbocycles. The van der Waals surface area contributed by atoms with Crippen LogP contribution >= 0.6 is 0 Å². The summed E-state index contributed by atoms with van der Waals surface area (Å²) >= 11 is 0. The molecule has 2 fully saturated rings. The summed E-state index contributed by atoms with van der Waals surface area (Å²) in [5.74, 6) is 2.06. The summed E-state index contributed by atoms with van der Waals surface area (Å²) in [5.41, 5.74) is 1.03. The van der Waals surface area contributed by atoms with E-state index < -0.39 is 93.4 Å². The molecule has 0 aliphatic carbocycles. The molecule has 0 spiro atoms. The first kappa shape index (κ1) is 44.3. The molecule has 0 amide bonds. The molecule has 17 nitrogen and oxygen atoms in total. The molecule has 2 heterocycles. The average molecular weight is 785 g/mol. The molecule has 21 heteroatoms. The van der Waals surface area contributed by atoms with Crippen LogP contribution in [-0.4, -0.2) is 165 Å². The van der Waals surface area contributed by atoms with Crippen LogP contribution in [-0.2, 0) is 62.3 Å². The Morgan fingerprint density at radius 1 is 0.857 bits per heavy atom. The first-order valence-corrected chi connectivity index (χ1v) is 21.2. The molecule has 3 rings (SSSR count). The van der Waals surface area contributed by atoms with Gasteiger partial charge in [0.1, 0.15) is 76.7 Å². The molecule has 0 aromatic heterocycles. The third-order valence-corrected chi connectivity index (χ3v) is 15.2. The van der Waals surface area contributed by atoms with Gasteiger partial charge < -0.3 is 54.3 Å². The molecule has 2 aliphatic heterocycles. The summed E-state index contributed by atoms with van der Waals surface area (Å²) in [5, 5.41) is 66.3. The van der Waals surface area contributed by atoms with Crippen molar-refractivity contribution >= 4 is 42.6 Å². The number of ether oxygens (including phenoxy) is 2. The minimum atomic E-state index is -5.07. The fraction of sp³-hybridized carbons (Fsp3) is 0.786. The van der Waals surface area contributed by atoms with Crippen molar-refractivity contribution in [2.45, 2.75) is 80.1 Å². The molecule has 1 aromatic rings. The van der Waals surface area contributed by atoms with Crippen LogP contribution in [0.5, 0.6) is 5.75 Å². The highest BCUT2D eigenvalue weighted by atomic mass is 32.3. The predicted octanol–water partition coefficient (Wildman–Crippen LogP) is -3.27. The molecule has 7 N–H and O–H groups in total. The Morgan fingerprint density at radius 3 is 1.76 bits per heavy atom. The number of rotatable bonds is 18. The monoisotopic (exact) mass is 784 g/mol. The summed E-state index contributed by atoms with van der Waals surface area (Å²) in [4.78, 5) is 0. The van der Waals surface area contributed by atoms with E-state index in [0.29, 0.717) is 11.9 Å². The summed E-state index contributed by atoms with van der Waals surface area (Å²) in [6, 6.07) is 7.66. The van der Waals surface area contributed by atoms with Gasteiger partial charge in [-0.2, -0.15) is 0 Å². The maximum atomic E-state index is 10.8. The van der Waals surface area contributed by atoms with Crippen LogP contribution in [0.3, 0.4) is 0 Å². The Hall–Kier alpha value is -0.860. The van der Waals surface area contributed by atoms with E-state index in [-0.39, 0.29) is 40.2 Å². The van der Waals surface area contributed by atoms with Crippen molar-refractivity contribution in [3.05, 3.63) is 29.8 Å². The lowest BCUT2D eigenvalue weighted by Crippen LogP contribution is -2.42. The van der Waals surface area contributed by atoms with E-state index in [0.717, 1.165) is 23.5 Å². The van der Waals surface area contributed by atoms with Crippen molar-refractivity contribution in [2.24, 2.45) is 5.92 Å². The van der Waals surface area contributed by atoms with Gasteiger partial charge in [0.2, 0.25) is 20.8 Å².